The molecule has 2 N–H and O–H groups in total. The lowest BCUT2D eigenvalue weighted by atomic mass is 10.2. The van der Waals surface area contributed by atoms with Gasteiger partial charge < -0.3 is 20.1 Å². The molecule has 0 bridgehead atoms. The third kappa shape index (κ3) is 4.98. The third-order valence-corrected chi connectivity index (χ3v) is 4.38. The van der Waals surface area contributed by atoms with Crippen molar-refractivity contribution >= 4 is 29.0 Å². The first-order valence-electron chi connectivity index (χ1n) is 9.37. The zero-order chi connectivity index (χ0) is 20.8. The van der Waals surface area contributed by atoms with Crippen LogP contribution in [0.25, 0.3) is 0 Å². The van der Waals surface area contributed by atoms with E-state index in [1.165, 1.54) is 18.3 Å². The average Bonchev–Trinajstić information content (AvgIpc) is 3.14. The van der Waals surface area contributed by atoms with Crippen LogP contribution in [0.5, 0.6) is 0 Å². The van der Waals surface area contributed by atoms with Crippen molar-refractivity contribution < 1.29 is 14.1 Å². The molecular formula is C21H23N5O3. The Labute approximate surface area is 168 Å². The lowest BCUT2D eigenvalue weighted by molar-refractivity contribution is 0.102. The SMILES string of the molecule is CCN(CC)c1ccc(NC(=O)c2cc(C(=O)Nc3cc(C)on3)ccn2)cc1. The molecule has 150 valence electrons. The number of anilines is 3. The molecule has 8 heteroatoms. The van der Waals surface area contributed by atoms with Crippen molar-refractivity contribution in [2.75, 3.05) is 28.6 Å². The second-order valence-corrected chi connectivity index (χ2v) is 6.38. The summed E-state index contributed by atoms with van der Waals surface area (Å²) in [4.78, 5) is 31.2. The summed E-state index contributed by atoms with van der Waals surface area (Å²) in [6, 6.07) is 12.2. The summed E-state index contributed by atoms with van der Waals surface area (Å²) in [7, 11) is 0. The van der Waals surface area contributed by atoms with Crippen molar-refractivity contribution in [1.29, 1.82) is 0 Å². The van der Waals surface area contributed by atoms with E-state index in [-0.39, 0.29) is 5.69 Å². The van der Waals surface area contributed by atoms with Crippen molar-refractivity contribution in [3.63, 3.8) is 0 Å². The number of hydrogen-bond donors (Lipinski definition) is 2. The van der Waals surface area contributed by atoms with Crippen LogP contribution < -0.4 is 15.5 Å². The number of aryl methyl sites for hydroxylation is 1. The number of pyridine rings is 1. The second kappa shape index (κ2) is 9.01. The quantitative estimate of drug-likeness (QED) is 0.634. The number of nitrogens with zero attached hydrogens (tertiary/aromatic N) is 3. The first-order chi connectivity index (χ1) is 14.0. The lowest BCUT2D eigenvalue weighted by Crippen LogP contribution is -2.21. The molecular weight excluding hydrogens is 370 g/mol. The van der Waals surface area contributed by atoms with Gasteiger partial charge in [0.05, 0.1) is 0 Å². The average molecular weight is 393 g/mol. The highest BCUT2D eigenvalue weighted by molar-refractivity contribution is 6.07. The summed E-state index contributed by atoms with van der Waals surface area (Å²) in [5, 5.41) is 9.14. The van der Waals surface area contributed by atoms with Gasteiger partial charge in [0.25, 0.3) is 11.8 Å². The highest BCUT2D eigenvalue weighted by Crippen LogP contribution is 2.18. The van der Waals surface area contributed by atoms with Crippen molar-refractivity contribution in [3.05, 3.63) is 65.7 Å². The topological polar surface area (TPSA) is 100 Å². The normalized spacial score (nSPS) is 10.4. The molecule has 0 aliphatic rings. The highest BCUT2D eigenvalue weighted by atomic mass is 16.5. The van der Waals surface area contributed by atoms with E-state index in [2.05, 4.69) is 39.5 Å². The van der Waals surface area contributed by atoms with Gasteiger partial charge in [0, 0.05) is 42.3 Å². The van der Waals surface area contributed by atoms with Crippen molar-refractivity contribution in [2.45, 2.75) is 20.8 Å². The van der Waals surface area contributed by atoms with Gasteiger partial charge in [0.1, 0.15) is 11.5 Å². The minimum absolute atomic E-state index is 0.141. The summed E-state index contributed by atoms with van der Waals surface area (Å²) < 4.78 is 4.92. The van der Waals surface area contributed by atoms with Crippen LogP contribution >= 0.6 is 0 Å². The van der Waals surface area contributed by atoms with Crippen molar-refractivity contribution in [3.8, 4) is 0 Å². The van der Waals surface area contributed by atoms with Crippen LogP contribution in [0.4, 0.5) is 17.2 Å². The fourth-order valence-corrected chi connectivity index (χ4v) is 2.85. The Morgan fingerprint density at radius 3 is 2.34 bits per heavy atom. The van der Waals surface area contributed by atoms with E-state index < -0.39 is 11.8 Å². The molecule has 0 fully saturated rings. The van der Waals surface area contributed by atoms with E-state index in [1.807, 2.05) is 24.3 Å². The summed E-state index contributed by atoms with van der Waals surface area (Å²) in [6.45, 7) is 7.74. The number of amides is 2. The minimum atomic E-state index is -0.404. The van der Waals surface area contributed by atoms with Crippen LogP contribution in [0, 0.1) is 6.92 Å². The minimum Gasteiger partial charge on any atom is -0.372 e. The van der Waals surface area contributed by atoms with Crippen LogP contribution in [0.3, 0.4) is 0 Å². The molecule has 0 unspecified atom stereocenters. The first-order valence-corrected chi connectivity index (χ1v) is 9.37. The zero-order valence-electron chi connectivity index (χ0n) is 16.6. The first kappa shape index (κ1) is 20.1. The Bertz CT molecular complexity index is 994. The maximum atomic E-state index is 12.5. The number of nitrogens with one attached hydrogen (secondary N) is 2. The largest absolute Gasteiger partial charge is 0.372 e. The molecule has 2 heterocycles. The second-order valence-electron chi connectivity index (χ2n) is 6.38. The summed E-state index contributed by atoms with van der Waals surface area (Å²) in [6.07, 6.45) is 1.42. The molecule has 0 saturated heterocycles. The van der Waals surface area contributed by atoms with E-state index in [0.29, 0.717) is 22.8 Å². The number of carbonyl (C=O) groups excluding carboxylic acids is 2. The molecule has 2 aromatic heterocycles. The molecule has 8 nitrogen and oxygen atoms in total. The number of carbonyl (C=O) groups is 2. The van der Waals surface area contributed by atoms with Crippen LogP contribution in [0.15, 0.2) is 53.2 Å². The molecule has 3 rings (SSSR count). The molecule has 0 radical (unpaired) electrons. The number of hydrogen-bond acceptors (Lipinski definition) is 6. The maximum absolute atomic E-state index is 12.5. The maximum Gasteiger partial charge on any atom is 0.274 e. The van der Waals surface area contributed by atoms with Gasteiger partial charge in [-0.15, -0.1) is 0 Å². The Morgan fingerprint density at radius 2 is 1.72 bits per heavy atom. The number of rotatable bonds is 7. The Kier molecular flexibility index (Phi) is 6.23. The van der Waals surface area contributed by atoms with E-state index in [0.717, 1.165) is 18.8 Å². The van der Waals surface area contributed by atoms with Crippen molar-refractivity contribution in [1.82, 2.24) is 10.1 Å². The van der Waals surface area contributed by atoms with Gasteiger partial charge >= 0.3 is 0 Å². The Morgan fingerprint density at radius 1 is 1.00 bits per heavy atom. The van der Waals surface area contributed by atoms with Gasteiger partial charge in [-0.3, -0.25) is 14.6 Å². The predicted molar refractivity (Wildman–Crippen MR) is 111 cm³/mol. The number of benzene rings is 1. The van der Waals surface area contributed by atoms with Gasteiger partial charge in [-0.1, -0.05) is 5.16 Å². The number of aromatic nitrogens is 2. The van der Waals surface area contributed by atoms with Gasteiger partial charge in [-0.25, -0.2) is 0 Å². The van der Waals surface area contributed by atoms with E-state index in [4.69, 9.17) is 4.52 Å². The molecule has 0 spiro atoms. The smallest absolute Gasteiger partial charge is 0.274 e. The molecule has 0 aliphatic heterocycles. The van der Waals surface area contributed by atoms with Gasteiger partial charge in [-0.05, 0) is 57.2 Å². The van der Waals surface area contributed by atoms with Crippen LogP contribution in [-0.4, -0.2) is 35.0 Å². The van der Waals surface area contributed by atoms with Gasteiger partial charge in [-0.2, -0.15) is 0 Å². The third-order valence-electron chi connectivity index (χ3n) is 4.38. The predicted octanol–water partition coefficient (Wildman–Crippen LogP) is 3.73. The fraction of sp³-hybridized carbons (Fsp3) is 0.238. The Hall–Kier alpha value is -3.68. The van der Waals surface area contributed by atoms with Crippen LogP contribution in [0.2, 0.25) is 0 Å². The van der Waals surface area contributed by atoms with Crippen LogP contribution in [-0.2, 0) is 0 Å². The highest BCUT2D eigenvalue weighted by Gasteiger charge is 2.14. The van der Waals surface area contributed by atoms with Crippen molar-refractivity contribution in [2.24, 2.45) is 0 Å². The van der Waals surface area contributed by atoms with E-state index in [1.54, 1.807) is 13.0 Å². The standard InChI is InChI=1S/C21H23N5O3/c1-4-26(5-2)17-8-6-16(7-9-17)23-21(28)18-13-15(10-11-22-18)20(27)24-19-12-14(3)29-25-19/h6-13H,4-5H2,1-3H3,(H,23,28)(H,24,25,27). The summed E-state index contributed by atoms with van der Waals surface area (Å²) in [5.74, 6) is 0.0940. The van der Waals surface area contributed by atoms with Crippen LogP contribution in [0.1, 0.15) is 40.5 Å². The molecule has 1 aromatic carbocycles. The molecule has 29 heavy (non-hydrogen) atoms. The molecule has 2 amide bonds. The molecule has 0 aliphatic carbocycles. The zero-order valence-corrected chi connectivity index (χ0v) is 16.6. The molecule has 0 atom stereocenters. The van der Waals surface area contributed by atoms with E-state index in [9.17, 15) is 9.59 Å². The van der Waals surface area contributed by atoms with Gasteiger partial charge in [0.2, 0.25) is 0 Å². The summed E-state index contributed by atoms with van der Waals surface area (Å²) >= 11 is 0. The molecule has 3 aromatic rings. The lowest BCUT2D eigenvalue weighted by Gasteiger charge is -2.21. The van der Waals surface area contributed by atoms with Gasteiger partial charge in [0.15, 0.2) is 5.82 Å². The fourth-order valence-electron chi connectivity index (χ4n) is 2.85. The van der Waals surface area contributed by atoms with E-state index >= 15 is 0 Å². The molecule has 0 saturated carbocycles. The summed E-state index contributed by atoms with van der Waals surface area (Å²) in [5.41, 5.74) is 2.18. The Balaban J connectivity index is 1.68. The monoisotopic (exact) mass is 393 g/mol.